The highest BCUT2D eigenvalue weighted by Crippen LogP contribution is 2.33. The van der Waals surface area contributed by atoms with Gasteiger partial charge in [-0.1, -0.05) is 0 Å². The molecule has 0 spiro atoms. The summed E-state index contributed by atoms with van der Waals surface area (Å²) in [5, 5.41) is 0. The van der Waals surface area contributed by atoms with E-state index in [9.17, 15) is 13.2 Å². The van der Waals surface area contributed by atoms with E-state index in [4.69, 9.17) is 4.74 Å². The van der Waals surface area contributed by atoms with E-state index >= 15 is 0 Å². The maximum atomic E-state index is 12.2. The molecule has 13 heavy (non-hydrogen) atoms. The first-order chi connectivity index (χ1) is 6.05. The van der Waals surface area contributed by atoms with Gasteiger partial charge in [0.25, 0.3) is 0 Å². The van der Waals surface area contributed by atoms with E-state index in [0.717, 1.165) is 0 Å². The second-order valence-corrected chi connectivity index (χ2v) is 3.74. The summed E-state index contributed by atoms with van der Waals surface area (Å²) < 4.78 is 41.7. The van der Waals surface area contributed by atoms with Gasteiger partial charge in [-0.15, -0.1) is 0 Å². The van der Waals surface area contributed by atoms with Gasteiger partial charge >= 0.3 is 6.18 Å². The minimum absolute atomic E-state index is 0.156. The van der Waals surface area contributed by atoms with E-state index < -0.39 is 12.1 Å². The predicted molar refractivity (Wildman–Crippen MR) is 40.3 cm³/mol. The standard InChI is InChI=1S/C8H12F3NO/c9-8(10,11)6-1-2-12(3-6)4-7-5-13-7/h6-7H,1-5H2. The van der Waals surface area contributed by atoms with Crippen molar-refractivity contribution in [3.05, 3.63) is 0 Å². The lowest BCUT2D eigenvalue weighted by Crippen LogP contribution is -2.29. The summed E-state index contributed by atoms with van der Waals surface area (Å²) in [7, 11) is 0. The topological polar surface area (TPSA) is 15.8 Å². The van der Waals surface area contributed by atoms with E-state index in [1.807, 2.05) is 4.90 Å². The Morgan fingerprint density at radius 1 is 1.38 bits per heavy atom. The number of nitrogens with zero attached hydrogens (tertiary/aromatic N) is 1. The number of rotatable bonds is 2. The number of likely N-dealkylation sites (tertiary alicyclic amines) is 1. The van der Waals surface area contributed by atoms with Crippen LogP contribution in [0.5, 0.6) is 0 Å². The van der Waals surface area contributed by atoms with Crippen LogP contribution in [0.4, 0.5) is 13.2 Å². The molecule has 5 heteroatoms. The molecule has 0 aromatic carbocycles. The third-order valence-corrected chi connectivity index (χ3v) is 2.60. The van der Waals surface area contributed by atoms with Crippen molar-refractivity contribution in [1.82, 2.24) is 4.90 Å². The summed E-state index contributed by atoms with van der Waals surface area (Å²) >= 11 is 0. The van der Waals surface area contributed by atoms with Crippen LogP contribution in [0.3, 0.4) is 0 Å². The quantitative estimate of drug-likeness (QED) is 0.617. The summed E-state index contributed by atoms with van der Waals surface area (Å²) in [6.07, 6.45) is -3.57. The lowest BCUT2D eigenvalue weighted by atomic mass is 10.1. The predicted octanol–water partition coefficient (Wildman–Crippen LogP) is 1.27. The third kappa shape index (κ3) is 2.34. The van der Waals surface area contributed by atoms with Gasteiger partial charge in [-0.25, -0.2) is 0 Å². The molecule has 2 saturated heterocycles. The van der Waals surface area contributed by atoms with Gasteiger partial charge in [-0.3, -0.25) is 0 Å². The molecule has 0 amide bonds. The molecule has 76 valence electrons. The number of hydrogen-bond acceptors (Lipinski definition) is 2. The maximum absolute atomic E-state index is 12.2. The number of ether oxygens (including phenoxy) is 1. The van der Waals surface area contributed by atoms with Gasteiger partial charge in [0, 0.05) is 13.1 Å². The van der Waals surface area contributed by atoms with Crippen LogP contribution in [-0.2, 0) is 4.74 Å². The molecule has 2 unspecified atom stereocenters. The smallest absolute Gasteiger partial charge is 0.372 e. The van der Waals surface area contributed by atoms with Crippen molar-refractivity contribution in [2.24, 2.45) is 5.92 Å². The first-order valence-electron chi connectivity index (χ1n) is 4.46. The molecule has 2 atom stereocenters. The Labute approximate surface area is 74.7 Å². The zero-order valence-corrected chi connectivity index (χ0v) is 7.18. The summed E-state index contributed by atoms with van der Waals surface area (Å²) in [6.45, 7) is 2.10. The van der Waals surface area contributed by atoms with E-state index in [0.29, 0.717) is 19.7 Å². The molecule has 0 aromatic rings. The minimum Gasteiger partial charge on any atom is -0.372 e. The monoisotopic (exact) mass is 195 g/mol. The molecule has 0 radical (unpaired) electrons. The van der Waals surface area contributed by atoms with Gasteiger partial charge in [0.2, 0.25) is 0 Å². The normalized spacial score (nSPS) is 35.3. The number of hydrogen-bond donors (Lipinski definition) is 0. The Hall–Kier alpha value is -0.290. The molecule has 2 nitrogen and oxygen atoms in total. The molecule has 2 heterocycles. The molecule has 2 aliphatic heterocycles. The average molecular weight is 195 g/mol. The fraction of sp³-hybridized carbons (Fsp3) is 1.00. The SMILES string of the molecule is FC(F)(F)C1CCN(CC2CO2)C1. The number of epoxide rings is 1. The number of alkyl halides is 3. The van der Waals surface area contributed by atoms with E-state index in [2.05, 4.69) is 0 Å². The van der Waals surface area contributed by atoms with Gasteiger partial charge in [-0.05, 0) is 13.0 Å². The summed E-state index contributed by atoms with van der Waals surface area (Å²) in [6, 6.07) is 0. The highest BCUT2D eigenvalue weighted by atomic mass is 19.4. The Bertz CT molecular complexity index is 190. The second kappa shape index (κ2) is 3.13. The van der Waals surface area contributed by atoms with Crippen molar-refractivity contribution in [2.75, 3.05) is 26.2 Å². The van der Waals surface area contributed by atoms with Crippen LogP contribution in [0.2, 0.25) is 0 Å². The molecule has 0 aliphatic carbocycles. The summed E-state index contributed by atoms with van der Waals surface area (Å²) in [5.74, 6) is -1.12. The fourth-order valence-corrected chi connectivity index (χ4v) is 1.73. The van der Waals surface area contributed by atoms with Crippen LogP contribution >= 0.6 is 0 Å². The van der Waals surface area contributed by atoms with Gasteiger partial charge in [-0.2, -0.15) is 13.2 Å². The van der Waals surface area contributed by atoms with Crippen LogP contribution in [0.1, 0.15) is 6.42 Å². The molecular weight excluding hydrogens is 183 g/mol. The second-order valence-electron chi connectivity index (χ2n) is 3.74. The lowest BCUT2D eigenvalue weighted by molar-refractivity contribution is -0.170. The van der Waals surface area contributed by atoms with E-state index in [1.165, 1.54) is 0 Å². The van der Waals surface area contributed by atoms with Crippen molar-refractivity contribution >= 4 is 0 Å². The van der Waals surface area contributed by atoms with Crippen molar-refractivity contribution in [2.45, 2.75) is 18.7 Å². The largest absolute Gasteiger partial charge is 0.393 e. The number of halogens is 3. The molecule has 0 aromatic heterocycles. The summed E-state index contributed by atoms with van der Waals surface area (Å²) in [5.41, 5.74) is 0. The average Bonchev–Trinajstić information content (AvgIpc) is 2.63. The van der Waals surface area contributed by atoms with Crippen LogP contribution < -0.4 is 0 Å². The Morgan fingerprint density at radius 2 is 2.08 bits per heavy atom. The van der Waals surface area contributed by atoms with E-state index in [-0.39, 0.29) is 19.1 Å². The molecule has 2 rings (SSSR count). The van der Waals surface area contributed by atoms with Gasteiger partial charge < -0.3 is 9.64 Å². The van der Waals surface area contributed by atoms with Crippen LogP contribution in [-0.4, -0.2) is 43.4 Å². The zero-order valence-electron chi connectivity index (χ0n) is 7.18. The minimum atomic E-state index is -4.01. The molecule has 2 fully saturated rings. The van der Waals surface area contributed by atoms with Gasteiger partial charge in [0.1, 0.15) is 0 Å². The van der Waals surface area contributed by atoms with Crippen LogP contribution in [0, 0.1) is 5.92 Å². The van der Waals surface area contributed by atoms with E-state index in [1.54, 1.807) is 0 Å². The van der Waals surface area contributed by atoms with Gasteiger partial charge in [0.05, 0.1) is 18.6 Å². The Kier molecular flexibility index (Phi) is 2.23. The molecule has 0 N–H and O–H groups in total. The molecule has 0 saturated carbocycles. The summed E-state index contributed by atoms with van der Waals surface area (Å²) in [4.78, 5) is 1.84. The van der Waals surface area contributed by atoms with Crippen molar-refractivity contribution < 1.29 is 17.9 Å². The van der Waals surface area contributed by atoms with Crippen molar-refractivity contribution in [1.29, 1.82) is 0 Å². The maximum Gasteiger partial charge on any atom is 0.393 e. The molecule has 2 aliphatic rings. The van der Waals surface area contributed by atoms with Gasteiger partial charge in [0.15, 0.2) is 0 Å². The fourth-order valence-electron chi connectivity index (χ4n) is 1.73. The molecular formula is C8H12F3NO. The van der Waals surface area contributed by atoms with Crippen molar-refractivity contribution in [3.63, 3.8) is 0 Å². The lowest BCUT2D eigenvalue weighted by Gasteiger charge is -2.16. The van der Waals surface area contributed by atoms with Crippen molar-refractivity contribution in [3.8, 4) is 0 Å². The Balaban J connectivity index is 1.79. The van der Waals surface area contributed by atoms with Crippen LogP contribution in [0.15, 0.2) is 0 Å². The first-order valence-corrected chi connectivity index (χ1v) is 4.46. The zero-order chi connectivity index (χ0) is 9.47. The first kappa shape index (κ1) is 9.27. The Morgan fingerprint density at radius 3 is 2.54 bits per heavy atom. The van der Waals surface area contributed by atoms with Crippen LogP contribution in [0.25, 0.3) is 0 Å². The third-order valence-electron chi connectivity index (χ3n) is 2.60. The highest BCUT2D eigenvalue weighted by molar-refractivity contribution is 4.84. The highest BCUT2D eigenvalue weighted by Gasteiger charge is 2.44. The molecule has 0 bridgehead atoms.